The highest BCUT2D eigenvalue weighted by Gasteiger charge is 2.66. The molecule has 3 aliphatic rings. The number of hydrogen-bond donors (Lipinski definition) is 2. The van der Waals surface area contributed by atoms with Crippen LogP contribution in [0.3, 0.4) is 0 Å². The molecule has 4 atom stereocenters. The number of carbonyl (C=O) groups is 3. The third-order valence-corrected chi connectivity index (χ3v) is 8.83. The first-order valence-electron chi connectivity index (χ1n) is 14.5. The first-order valence-corrected chi connectivity index (χ1v) is 14.5. The molecule has 4 heterocycles. The van der Waals surface area contributed by atoms with Gasteiger partial charge in [0.2, 0.25) is 11.8 Å². The topological polar surface area (TPSA) is 125 Å². The minimum Gasteiger partial charge on any atom is -0.353 e. The molecule has 1 fully saturated rings. The molecule has 1 saturated heterocycles. The summed E-state index contributed by atoms with van der Waals surface area (Å²) in [6.07, 6.45) is 0.438. The average molecular weight is 578 g/mol. The summed E-state index contributed by atoms with van der Waals surface area (Å²) < 4.78 is 1.47. The fourth-order valence-corrected chi connectivity index (χ4v) is 7.14. The fourth-order valence-electron chi connectivity index (χ4n) is 7.14. The normalized spacial score (nSPS) is 24.0. The van der Waals surface area contributed by atoms with E-state index >= 15 is 0 Å². The van der Waals surface area contributed by atoms with Gasteiger partial charge in [-0.25, -0.2) is 4.98 Å². The standard InChI is InChI=1S/C33H31N5O5/c1-18(2)16-28-32(42)38-27-15-9-5-10-20(27)23(33(38,43)37(28)19(3)39)17-25-29-34-24-13-7-4-11-21(24)31(41)36(29)26-14-8-6-12-22(26)30(40)35-25/h4-15,18,23,25,28,43H,16-17H2,1-3H3,(H,35,40)/t23-,25?,28?,33?/m1/s1. The molecule has 0 bridgehead atoms. The van der Waals surface area contributed by atoms with Crippen LogP contribution in [0.4, 0.5) is 5.69 Å². The van der Waals surface area contributed by atoms with Crippen molar-refractivity contribution in [3.05, 3.63) is 100 Å². The number of para-hydroxylation sites is 3. The molecule has 2 N–H and O–H groups in total. The van der Waals surface area contributed by atoms with Crippen LogP contribution in [0.15, 0.2) is 77.6 Å². The summed E-state index contributed by atoms with van der Waals surface area (Å²) in [4.78, 5) is 62.3. The van der Waals surface area contributed by atoms with E-state index in [-0.39, 0.29) is 23.8 Å². The van der Waals surface area contributed by atoms with Crippen LogP contribution >= 0.6 is 0 Å². The number of amides is 3. The lowest BCUT2D eigenvalue weighted by Crippen LogP contribution is -2.58. The van der Waals surface area contributed by atoms with Gasteiger partial charge in [0.05, 0.1) is 39.8 Å². The molecule has 4 aromatic rings. The highest BCUT2D eigenvalue weighted by Crippen LogP contribution is 2.55. The van der Waals surface area contributed by atoms with Gasteiger partial charge in [-0.2, -0.15) is 0 Å². The molecule has 0 saturated carbocycles. The quantitative estimate of drug-likeness (QED) is 0.382. The van der Waals surface area contributed by atoms with Gasteiger partial charge in [-0.3, -0.25) is 33.5 Å². The molecule has 0 spiro atoms. The van der Waals surface area contributed by atoms with E-state index in [2.05, 4.69) is 5.32 Å². The Hall–Kier alpha value is -4.83. The van der Waals surface area contributed by atoms with Gasteiger partial charge < -0.3 is 10.4 Å². The zero-order valence-electron chi connectivity index (χ0n) is 24.0. The first-order chi connectivity index (χ1) is 20.6. The maximum atomic E-state index is 14.0. The number of aromatic nitrogens is 2. The predicted octanol–water partition coefficient (Wildman–Crippen LogP) is 3.61. The third-order valence-electron chi connectivity index (χ3n) is 8.83. The Balaban J connectivity index is 1.43. The number of aliphatic hydroxyl groups is 1. The summed E-state index contributed by atoms with van der Waals surface area (Å²) >= 11 is 0. The Morgan fingerprint density at radius 3 is 2.40 bits per heavy atom. The zero-order chi connectivity index (χ0) is 30.2. The Morgan fingerprint density at radius 1 is 0.977 bits per heavy atom. The molecule has 7 rings (SSSR count). The van der Waals surface area contributed by atoms with Crippen LogP contribution in [0.2, 0.25) is 0 Å². The Labute approximate surface area is 247 Å². The van der Waals surface area contributed by atoms with Gasteiger partial charge in [-0.05, 0) is 54.7 Å². The van der Waals surface area contributed by atoms with Crippen LogP contribution in [0, 0.1) is 5.92 Å². The van der Waals surface area contributed by atoms with Crippen LogP contribution in [-0.4, -0.2) is 49.2 Å². The molecule has 3 amide bonds. The summed E-state index contributed by atoms with van der Waals surface area (Å²) in [5.41, 5.74) is 2.06. The molecule has 10 nitrogen and oxygen atoms in total. The Morgan fingerprint density at radius 2 is 1.65 bits per heavy atom. The highest BCUT2D eigenvalue weighted by atomic mass is 16.4. The average Bonchev–Trinajstić information content (AvgIpc) is 3.30. The van der Waals surface area contributed by atoms with Crippen LogP contribution in [-0.2, 0) is 9.59 Å². The summed E-state index contributed by atoms with van der Waals surface area (Å²) in [5.74, 6) is -3.62. The SMILES string of the molecule is CC(=O)N1C(CC(C)C)C(=O)N2c3ccccc3[C@@H](CC3NC(=O)c4ccccc4-n4c3nc3ccccc3c4=O)C21O. The molecule has 3 unspecified atom stereocenters. The van der Waals surface area contributed by atoms with Gasteiger partial charge >= 0.3 is 0 Å². The van der Waals surface area contributed by atoms with Crippen molar-refractivity contribution in [3.63, 3.8) is 0 Å². The van der Waals surface area contributed by atoms with E-state index < -0.39 is 35.7 Å². The van der Waals surface area contributed by atoms with Gasteiger partial charge in [0.1, 0.15) is 11.9 Å². The minimum absolute atomic E-state index is 0.0555. The maximum Gasteiger partial charge on any atom is 0.266 e. The molecule has 43 heavy (non-hydrogen) atoms. The van der Waals surface area contributed by atoms with Crippen LogP contribution in [0.5, 0.6) is 0 Å². The summed E-state index contributed by atoms with van der Waals surface area (Å²) in [6, 6.07) is 19.4. The van der Waals surface area contributed by atoms with Gasteiger partial charge in [0.25, 0.3) is 17.4 Å². The number of nitrogens with one attached hydrogen (secondary N) is 1. The summed E-state index contributed by atoms with van der Waals surface area (Å²) in [5, 5.41) is 16.1. The molecule has 10 heteroatoms. The molecule has 218 valence electrons. The van der Waals surface area contributed by atoms with Crippen LogP contribution in [0.1, 0.15) is 67.3 Å². The Kier molecular flexibility index (Phi) is 6.04. The number of fused-ring (bicyclic) bond motifs is 7. The number of nitrogens with zero attached hydrogens (tertiary/aromatic N) is 4. The van der Waals surface area contributed by atoms with Gasteiger partial charge in [0, 0.05) is 6.92 Å². The van der Waals surface area contributed by atoms with E-state index in [1.54, 1.807) is 60.7 Å². The molecule has 0 radical (unpaired) electrons. The lowest BCUT2D eigenvalue weighted by atomic mass is 9.88. The van der Waals surface area contributed by atoms with Crippen molar-refractivity contribution in [1.82, 2.24) is 19.8 Å². The van der Waals surface area contributed by atoms with E-state index in [1.807, 2.05) is 26.0 Å². The lowest BCUT2D eigenvalue weighted by molar-refractivity contribution is -0.159. The van der Waals surface area contributed by atoms with Crippen molar-refractivity contribution in [1.29, 1.82) is 0 Å². The van der Waals surface area contributed by atoms with Crippen molar-refractivity contribution < 1.29 is 19.5 Å². The number of anilines is 1. The molecule has 3 aliphatic heterocycles. The zero-order valence-corrected chi connectivity index (χ0v) is 24.0. The second-order valence-corrected chi connectivity index (χ2v) is 11.9. The maximum absolute atomic E-state index is 14.0. The second-order valence-electron chi connectivity index (χ2n) is 11.9. The molecule has 1 aromatic heterocycles. The van der Waals surface area contributed by atoms with Crippen molar-refractivity contribution in [3.8, 4) is 5.69 Å². The minimum atomic E-state index is -2.02. The number of rotatable bonds is 4. The van der Waals surface area contributed by atoms with E-state index in [1.165, 1.54) is 21.3 Å². The van der Waals surface area contributed by atoms with E-state index in [0.29, 0.717) is 45.6 Å². The number of hydrogen-bond acceptors (Lipinski definition) is 6. The highest BCUT2D eigenvalue weighted by molar-refractivity contribution is 6.06. The molecular weight excluding hydrogens is 546 g/mol. The second kappa shape index (κ2) is 9.60. The summed E-state index contributed by atoms with van der Waals surface area (Å²) in [6.45, 7) is 5.29. The monoisotopic (exact) mass is 577 g/mol. The fraction of sp³-hybridized carbons (Fsp3) is 0.303. The third kappa shape index (κ3) is 3.79. The first kappa shape index (κ1) is 27.0. The van der Waals surface area contributed by atoms with E-state index in [9.17, 15) is 24.3 Å². The van der Waals surface area contributed by atoms with Gasteiger partial charge in [-0.1, -0.05) is 56.3 Å². The van der Waals surface area contributed by atoms with E-state index in [4.69, 9.17) is 4.98 Å². The van der Waals surface area contributed by atoms with Crippen molar-refractivity contribution in [2.45, 2.75) is 57.5 Å². The molecule has 0 aliphatic carbocycles. The van der Waals surface area contributed by atoms with Crippen molar-refractivity contribution in [2.75, 3.05) is 4.90 Å². The van der Waals surface area contributed by atoms with Crippen LogP contribution in [0.25, 0.3) is 16.6 Å². The number of benzene rings is 3. The smallest absolute Gasteiger partial charge is 0.266 e. The largest absolute Gasteiger partial charge is 0.353 e. The van der Waals surface area contributed by atoms with Crippen molar-refractivity contribution >= 4 is 34.3 Å². The lowest BCUT2D eigenvalue weighted by Gasteiger charge is -2.40. The van der Waals surface area contributed by atoms with Crippen LogP contribution < -0.4 is 15.8 Å². The number of carbonyl (C=O) groups excluding carboxylic acids is 3. The van der Waals surface area contributed by atoms with Gasteiger partial charge in [0.15, 0.2) is 0 Å². The summed E-state index contributed by atoms with van der Waals surface area (Å²) in [7, 11) is 0. The molecule has 3 aromatic carbocycles. The van der Waals surface area contributed by atoms with E-state index in [0.717, 1.165) is 0 Å². The predicted molar refractivity (Wildman–Crippen MR) is 160 cm³/mol. The Bertz CT molecular complexity index is 1900. The van der Waals surface area contributed by atoms with Crippen molar-refractivity contribution in [2.24, 2.45) is 5.92 Å². The molecular formula is C33H31N5O5. The van der Waals surface area contributed by atoms with Gasteiger partial charge in [-0.15, -0.1) is 0 Å².